The maximum absolute atomic E-state index is 12.9. The lowest BCUT2D eigenvalue weighted by Gasteiger charge is -2.38. The van der Waals surface area contributed by atoms with E-state index in [1.165, 1.54) is 0 Å². The number of aromatic nitrogens is 2. The lowest BCUT2D eigenvalue weighted by molar-refractivity contribution is -0.140. The number of nitrogens with zero attached hydrogens (tertiary/aromatic N) is 3. The average Bonchev–Trinajstić information content (AvgIpc) is 2.73. The third-order valence-corrected chi connectivity index (χ3v) is 6.61. The van der Waals surface area contributed by atoms with Gasteiger partial charge in [0.25, 0.3) is 11.5 Å². The molecule has 7 heteroatoms. The second kappa shape index (κ2) is 9.20. The summed E-state index contributed by atoms with van der Waals surface area (Å²) in [6.45, 7) is 4.49. The molecule has 0 bridgehead atoms. The van der Waals surface area contributed by atoms with E-state index in [1.54, 1.807) is 22.8 Å². The van der Waals surface area contributed by atoms with Gasteiger partial charge >= 0.3 is 5.97 Å². The first-order chi connectivity index (χ1) is 15.0. The van der Waals surface area contributed by atoms with E-state index in [2.05, 4.69) is 4.98 Å². The van der Waals surface area contributed by atoms with Crippen molar-refractivity contribution in [2.24, 2.45) is 0 Å². The molecule has 2 aromatic rings. The highest BCUT2D eigenvalue weighted by Crippen LogP contribution is 2.23. The first-order valence-electron chi connectivity index (χ1n) is 11.5. The molecular weight excluding hydrogens is 394 g/mol. The number of carbonyl (C=O) groups excluding carboxylic acids is 2. The molecule has 3 heterocycles. The van der Waals surface area contributed by atoms with Gasteiger partial charge in [-0.2, -0.15) is 0 Å². The number of ether oxygens (including phenoxy) is 1. The lowest BCUT2D eigenvalue weighted by atomic mass is 9.97. The molecule has 2 aliphatic heterocycles. The van der Waals surface area contributed by atoms with Crippen LogP contribution in [0.4, 0.5) is 0 Å². The molecule has 1 aromatic heterocycles. The summed E-state index contributed by atoms with van der Waals surface area (Å²) < 4.78 is 7.10. The molecule has 7 nitrogen and oxygen atoms in total. The number of amides is 1. The first kappa shape index (κ1) is 21.5. The number of fused-ring (bicyclic) bond motifs is 2. The van der Waals surface area contributed by atoms with E-state index < -0.39 is 5.97 Å². The van der Waals surface area contributed by atoms with Crippen LogP contribution in [0.15, 0.2) is 23.0 Å². The molecule has 166 valence electrons. The summed E-state index contributed by atoms with van der Waals surface area (Å²) in [5.41, 5.74) is 0.767. The van der Waals surface area contributed by atoms with Gasteiger partial charge in [0.1, 0.15) is 5.82 Å². The molecule has 0 aliphatic carbocycles. The van der Waals surface area contributed by atoms with Gasteiger partial charge in [-0.05, 0) is 64.2 Å². The van der Waals surface area contributed by atoms with Crippen LogP contribution in [-0.2, 0) is 22.5 Å². The summed E-state index contributed by atoms with van der Waals surface area (Å²) in [6, 6.07) is 5.15. The Morgan fingerprint density at radius 3 is 2.58 bits per heavy atom. The van der Waals surface area contributed by atoms with E-state index in [1.807, 2.05) is 18.7 Å². The molecule has 0 spiro atoms. The number of hydrogen-bond acceptors (Lipinski definition) is 5. The number of benzene rings is 1. The topological polar surface area (TPSA) is 81.5 Å². The minimum atomic E-state index is -0.568. The smallest absolute Gasteiger partial charge is 0.338 e. The van der Waals surface area contributed by atoms with Crippen molar-refractivity contribution in [1.29, 1.82) is 0 Å². The monoisotopic (exact) mass is 425 g/mol. The van der Waals surface area contributed by atoms with Gasteiger partial charge < -0.3 is 9.64 Å². The molecule has 2 atom stereocenters. The summed E-state index contributed by atoms with van der Waals surface area (Å²) in [5.74, 6) is 0.0544. The van der Waals surface area contributed by atoms with Gasteiger partial charge in [0, 0.05) is 25.0 Å². The molecule has 1 saturated heterocycles. The van der Waals surface area contributed by atoms with Crippen molar-refractivity contribution < 1.29 is 14.3 Å². The van der Waals surface area contributed by atoms with Crippen LogP contribution in [-0.4, -0.2) is 45.0 Å². The fraction of sp³-hybridized carbons (Fsp3) is 0.583. The van der Waals surface area contributed by atoms with Gasteiger partial charge in [-0.3, -0.25) is 14.2 Å². The summed E-state index contributed by atoms with van der Waals surface area (Å²) in [6.07, 6.45) is 8.08. The second-order valence-corrected chi connectivity index (χ2v) is 8.89. The van der Waals surface area contributed by atoms with Crippen molar-refractivity contribution in [3.05, 3.63) is 39.9 Å². The largest absolute Gasteiger partial charge is 0.452 e. The quantitative estimate of drug-likeness (QED) is 0.704. The highest BCUT2D eigenvalue weighted by molar-refractivity contribution is 5.95. The first-order valence-corrected chi connectivity index (χ1v) is 11.5. The SMILES string of the molecule is C[C@H]1CCC[C@H](C)N1C(=O)COC(=O)c1ccc2c(=O)n3c(nc2c1)CCCCCC3. The highest BCUT2D eigenvalue weighted by Gasteiger charge is 2.29. The van der Waals surface area contributed by atoms with Crippen LogP contribution in [0.2, 0.25) is 0 Å². The summed E-state index contributed by atoms with van der Waals surface area (Å²) in [5, 5.41) is 0.507. The maximum atomic E-state index is 12.9. The number of esters is 1. The van der Waals surface area contributed by atoms with Gasteiger partial charge in [0.15, 0.2) is 6.61 Å². The number of rotatable bonds is 3. The van der Waals surface area contributed by atoms with E-state index >= 15 is 0 Å². The predicted octanol–water partition coefficient (Wildman–Crippen LogP) is 3.46. The fourth-order valence-corrected chi connectivity index (χ4v) is 4.92. The predicted molar refractivity (Wildman–Crippen MR) is 118 cm³/mol. The van der Waals surface area contributed by atoms with Crippen LogP contribution < -0.4 is 5.56 Å². The summed E-state index contributed by atoms with van der Waals surface area (Å²) in [7, 11) is 0. The van der Waals surface area contributed by atoms with Gasteiger partial charge in [-0.25, -0.2) is 9.78 Å². The molecule has 2 aliphatic rings. The van der Waals surface area contributed by atoms with E-state index in [-0.39, 0.29) is 30.2 Å². The van der Waals surface area contributed by atoms with E-state index in [0.29, 0.717) is 23.0 Å². The van der Waals surface area contributed by atoms with Crippen LogP contribution in [0.3, 0.4) is 0 Å². The Balaban J connectivity index is 1.51. The van der Waals surface area contributed by atoms with Crippen LogP contribution in [0.25, 0.3) is 10.9 Å². The number of likely N-dealkylation sites (tertiary alicyclic amines) is 1. The fourth-order valence-electron chi connectivity index (χ4n) is 4.92. The van der Waals surface area contributed by atoms with Gasteiger partial charge in [0.2, 0.25) is 0 Å². The summed E-state index contributed by atoms with van der Waals surface area (Å²) in [4.78, 5) is 44.7. The highest BCUT2D eigenvalue weighted by atomic mass is 16.5. The number of hydrogen-bond donors (Lipinski definition) is 0. The van der Waals surface area contributed by atoms with E-state index in [4.69, 9.17) is 4.74 Å². The lowest BCUT2D eigenvalue weighted by Crippen LogP contribution is -2.49. The molecule has 0 N–H and O–H groups in total. The van der Waals surface area contributed by atoms with Crippen molar-refractivity contribution >= 4 is 22.8 Å². The maximum Gasteiger partial charge on any atom is 0.338 e. The Morgan fingerprint density at radius 1 is 1.06 bits per heavy atom. The van der Waals surface area contributed by atoms with Crippen LogP contribution in [0.1, 0.15) is 75.0 Å². The zero-order valence-corrected chi connectivity index (χ0v) is 18.4. The van der Waals surface area contributed by atoms with Crippen LogP contribution >= 0.6 is 0 Å². The molecule has 31 heavy (non-hydrogen) atoms. The molecule has 0 saturated carbocycles. The third-order valence-electron chi connectivity index (χ3n) is 6.61. The van der Waals surface area contributed by atoms with Crippen LogP contribution in [0.5, 0.6) is 0 Å². The average molecular weight is 426 g/mol. The van der Waals surface area contributed by atoms with Crippen molar-refractivity contribution in [2.45, 2.75) is 83.8 Å². The van der Waals surface area contributed by atoms with Crippen molar-refractivity contribution in [3.8, 4) is 0 Å². The molecule has 0 radical (unpaired) electrons. The Labute approximate surface area is 182 Å². The standard InChI is InChI=1S/C24H31N3O4/c1-16-8-7-9-17(2)27(16)22(28)15-31-24(30)18-11-12-19-20(14-18)25-21-10-5-3-4-6-13-26(21)23(19)29/h11-12,14,16-17H,3-10,13,15H2,1-2H3/t16-,17-/m0/s1. The van der Waals surface area contributed by atoms with E-state index in [9.17, 15) is 14.4 Å². The second-order valence-electron chi connectivity index (χ2n) is 8.89. The van der Waals surface area contributed by atoms with Crippen LogP contribution in [0, 0.1) is 0 Å². The molecule has 1 aromatic carbocycles. The van der Waals surface area contributed by atoms with Gasteiger partial charge in [-0.1, -0.05) is 12.8 Å². The number of aryl methyl sites for hydroxylation is 1. The Kier molecular flexibility index (Phi) is 6.39. The Hall–Kier alpha value is -2.70. The van der Waals surface area contributed by atoms with Crippen molar-refractivity contribution in [3.63, 3.8) is 0 Å². The Morgan fingerprint density at radius 2 is 1.81 bits per heavy atom. The zero-order valence-electron chi connectivity index (χ0n) is 18.4. The number of piperidine rings is 1. The molecule has 1 fully saturated rings. The molecule has 4 rings (SSSR count). The van der Waals surface area contributed by atoms with E-state index in [0.717, 1.165) is 57.2 Å². The number of carbonyl (C=O) groups is 2. The van der Waals surface area contributed by atoms with Gasteiger partial charge in [0.05, 0.1) is 16.5 Å². The minimum absolute atomic E-state index is 0.0509. The third kappa shape index (κ3) is 4.50. The van der Waals surface area contributed by atoms with Crippen molar-refractivity contribution in [1.82, 2.24) is 14.5 Å². The summed E-state index contributed by atoms with van der Waals surface area (Å²) >= 11 is 0. The van der Waals surface area contributed by atoms with Gasteiger partial charge in [-0.15, -0.1) is 0 Å². The normalized spacial score (nSPS) is 21.8. The zero-order chi connectivity index (χ0) is 22.0. The molecular formula is C24H31N3O4. The van der Waals surface area contributed by atoms with Crippen molar-refractivity contribution in [2.75, 3.05) is 6.61 Å². The minimum Gasteiger partial charge on any atom is -0.452 e. The molecule has 1 amide bonds. The Bertz CT molecular complexity index is 1040. The molecule has 0 unspecified atom stereocenters.